The Balaban J connectivity index is 2.43. The molecule has 0 aliphatic rings. The molecule has 0 saturated carbocycles. The van der Waals surface area contributed by atoms with Gasteiger partial charge >= 0.3 is 5.97 Å². The topological polar surface area (TPSA) is 26.3 Å². The molecule has 0 atom stereocenters. The molecule has 96 valence electrons. The third-order valence-electron chi connectivity index (χ3n) is 2.72. The predicted molar refractivity (Wildman–Crippen MR) is 76.6 cm³/mol. The summed E-state index contributed by atoms with van der Waals surface area (Å²) in [5, 5.41) is 0. The van der Waals surface area contributed by atoms with Crippen molar-refractivity contribution in [1.82, 2.24) is 0 Å². The zero-order chi connectivity index (χ0) is 13.5. The molecule has 0 amide bonds. The Morgan fingerprint density at radius 3 is 1.84 bits per heavy atom. The standard InChI is InChI=1S/C17H16O2/c1-2-19-17(18)13-16(14-9-5-3-6-10-14)15-11-7-4-8-12-15/h3-13H,2H2,1H3. The number of carbonyl (C=O) groups excluding carboxylic acids is 1. The Hall–Kier alpha value is -2.35. The molecule has 0 aromatic heterocycles. The summed E-state index contributed by atoms with van der Waals surface area (Å²) < 4.78 is 5.00. The predicted octanol–water partition coefficient (Wildman–Crippen LogP) is 3.68. The number of ether oxygens (including phenoxy) is 1. The van der Waals surface area contributed by atoms with Crippen molar-refractivity contribution >= 4 is 11.5 Å². The van der Waals surface area contributed by atoms with Crippen LogP contribution in [0, 0.1) is 0 Å². The van der Waals surface area contributed by atoms with Crippen molar-refractivity contribution in [3.63, 3.8) is 0 Å². The number of hydrogen-bond acceptors (Lipinski definition) is 2. The third-order valence-corrected chi connectivity index (χ3v) is 2.72. The van der Waals surface area contributed by atoms with Gasteiger partial charge in [-0.25, -0.2) is 4.79 Å². The molecular weight excluding hydrogens is 236 g/mol. The lowest BCUT2D eigenvalue weighted by atomic mass is 9.98. The summed E-state index contributed by atoms with van der Waals surface area (Å²) in [5.74, 6) is -0.315. The Morgan fingerprint density at radius 2 is 1.42 bits per heavy atom. The van der Waals surface area contributed by atoms with Crippen LogP contribution in [0.4, 0.5) is 0 Å². The minimum atomic E-state index is -0.315. The van der Waals surface area contributed by atoms with E-state index >= 15 is 0 Å². The van der Waals surface area contributed by atoms with Gasteiger partial charge in [0, 0.05) is 6.08 Å². The second-order valence-electron chi connectivity index (χ2n) is 4.04. The monoisotopic (exact) mass is 252 g/mol. The fourth-order valence-electron chi connectivity index (χ4n) is 1.87. The van der Waals surface area contributed by atoms with Crippen LogP contribution in [0.1, 0.15) is 18.1 Å². The molecule has 0 radical (unpaired) electrons. The summed E-state index contributed by atoms with van der Waals surface area (Å²) in [6.07, 6.45) is 1.55. The molecule has 0 aliphatic heterocycles. The van der Waals surface area contributed by atoms with Gasteiger partial charge in [-0.05, 0) is 23.6 Å². The molecule has 2 nitrogen and oxygen atoms in total. The third kappa shape index (κ3) is 3.55. The summed E-state index contributed by atoms with van der Waals surface area (Å²) in [5.41, 5.74) is 2.88. The first kappa shape index (κ1) is 13.1. The number of carbonyl (C=O) groups is 1. The van der Waals surface area contributed by atoms with Gasteiger partial charge < -0.3 is 4.74 Å². The van der Waals surface area contributed by atoms with Crippen molar-refractivity contribution in [1.29, 1.82) is 0 Å². The van der Waals surface area contributed by atoms with Gasteiger partial charge in [0.25, 0.3) is 0 Å². The fourth-order valence-corrected chi connectivity index (χ4v) is 1.87. The molecule has 2 heteroatoms. The molecule has 19 heavy (non-hydrogen) atoms. The van der Waals surface area contributed by atoms with Gasteiger partial charge in [-0.1, -0.05) is 60.7 Å². The maximum Gasteiger partial charge on any atom is 0.331 e. The van der Waals surface area contributed by atoms with E-state index in [0.29, 0.717) is 6.61 Å². The van der Waals surface area contributed by atoms with Crippen LogP contribution in [-0.4, -0.2) is 12.6 Å². The van der Waals surface area contributed by atoms with E-state index in [1.54, 1.807) is 13.0 Å². The SMILES string of the molecule is CCOC(=O)C=C(c1ccccc1)c1ccccc1. The van der Waals surface area contributed by atoms with E-state index in [4.69, 9.17) is 4.74 Å². The van der Waals surface area contributed by atoms with Gasteiger partial charge in [0.15, 0.2) is 0 Å². The van der Waals surface area contributed by atoms with Crippen LogP contribution in [0.2, 0.25) is 0 Å². The van der Waals surface area contributed by atoms with Crippen molar-refractivity contribution in [2.75, 3.05) is 6.61 Å². The van der Waals surface area contributed by atoms with E-state index < -0.39 is 0 Å². The van der Waals surface area contributed by atoms with Crippen LogP contribution in [0.5, 0.6) is 0 Å². The van der Waals surface area contributed by atoms with E-state index in [2.05, 4.69) is 0 Å². The van der Waals surface area contributed by atoms with E-state index in [1.165, 1.54) is 0 Å². The van der Waals surface area contributed by atoms with Crippen molar-refractivity contribution in [2.45, 2.75) is 6.92 Å². The first-order chi connectivity index (χ1) is 9.31. The zero-order valence-electron chi connectivity index (χ0n) is 10.9. The minimum absolute atomic E-state index is 0.315. The van der Waals surface area contributed by atoms with Crippen molar-refractivity contribution in [2.24, 2.45) is 0 Å². The van der Waals surface area contributed by atoms with Gasteiger partial charge in [-0.2, -0.15) is 0 Å². The van der Waals surface area contributed by atoms with Crippen molar-refractivity contribution in [3.8, 4) is 0 Å². The molecular formula is C17H16O2. The van der Waals surface area contributed by atoms with Crippen LogP contribution in [0.25, 0.3) is 5.57 Å². The first-order valence-electron chi connectivity index (χ1n) is 6.30. The Morgan fingerprint density at radius 1 is 0.947 bits per heavy atom. The molecule has 0 unspecified atom stereocenters. The summed E-state index contributed by atoms with van der Waals surface area (Å²) in [6, 6.07) is 19.7. The molecule has 2 rings (SSSR count). The molecule has 2 aromatic rings. The first-order valence-corrected chi connectivity index (χ1v) is 6.30. The van der Waals surface area contributed by atoms with Crippen LogP contribution in [-0.2, 0) is 9.53 Å². The minimum Gasteiger partial charge on any atom is -0.463 e. The highest BCUT2D eigenvalue weighted by Crippen LogP contribution is 2.23. The van der Waals surface area contributed by atoms with Crippen molar-refractivity contribution < 1.29 is 9.53 Å². The molecule has 0 saturated heterocycles. The molecule has 0 N–H and O–H groups in total. The molecule has 0 aliphatic carbocycles. The maximum atomic E-state index is 11.7. The fraction of sp³-hybridized carbons (Fsp3) is 0.118. The average Bonchev–Trinajstić information content (AvgIpc) is 2.47. The quantitative estimate of drug-likeness (QED) is 0.613. The summed E-state index contributed by atoms with van der Waals surface area (Å²) in [7, 11) is 0. The lowest BCUT2D eigenvalue weighted by Crippen LogP contribution is -2.01. The smallest absolute Gasteiger partial charge is 0.331 e. The van der Waals surface area contributed by atoms with Gasteiger partial charge in [0.05, 0.1) is 6.61 Å². The normalized spacial score (nSPS) is 9.74. The number of rotatable bonds is 4. The number of benzene rings is 2. The van der Waals surface area contributed by atoms with Crippen LogP contribution in [0.3, 0.4) is 0 Å². The summed E-state index contributed by atoms with van der Waals surface area (Å²) in [4.78, 5) is 11.7. The van der Waals surface area contributed by atoms with E-state index in [1.807, 2.05) is 60.7 Å². The second kappa shape index (κ2) is 6.55. The Labute approximate surface area is 113 Å². The van der Waals surface area contributed by atoms with E-state index in [-0.39, 0.29) is 5.97 Å². The van der Waals surface area contributed by atoms with E-state index in [0.717, 1.165) is 16.7 Å². The van der Waals surface area contributed by atoms with Crippen LogP contribution < -0.4 is 0 Å². The largest absolute Gasteiger partial charge is 0.463 e. The lowest BCUT2D eigenvalue weighted by Gasteiger charge is -2.08. The lowest BCUT2D eigenvalue weighted by molar-refractivity contribution is -0.137. The van der Waals surface area contributed by atoms with Crippen LogP contribution in [0.15, 0.2) is 66.7 Å². The highest BCUT2D eigenvalue weighted by Gasteiger charge is 2.07. The molecule has 0 bridgehead atoms. The molecule has 0 spiro atoms. The van der Waals surface area contributed by atoms with E-state index in [9.17, 15) is 4.79 Å². The zero-order valence-corrected chi connectivity index (χ0v) is 10.9. The summed E-state index contributed by atoms with van der Waals surface area (Å²) in [6.45, 7) is 2.18. The number of esters is 1. The van der Waals surface area contributed by atoms with Gasteiger partial charge in [0.2, 0.25) is 0 Å². The molecule has 0 fully saturated rings. The molecule has 2 aromatic carbocycles. The van der Waals surface area contributed by atoms with Gasteiger partial charge in [0.1, 0.15) is 0 Å². The Bertz CT molecular complexity index is 515. The highest BCUT2D eigenvalue weighted by molar-refractivity contribution is 5.96. The second-order valence-corrected chi connectivity index (χ2v) is 4.04. The maximum absolute atomic E-state index is 11.7. The summed E-state index contributed by atoms with van der Waals surface area (Å²) >= 11 is 0. The van der Waals surface area contributed by atoms with Gasteiger partial charge in [-0.3, -0.25) is 0 Å². The van der Waals surface area contributed by atoms with Crippen LogP contribution >= 0.6 is 0 Å². The van der Waals surface area contributed by atoms with Crippen molar-refractivity contribution in [3.05, 3.63) is 77.9 Å². The average molecular weight is 252 g/mol. The molecule has 0 heterocycles. The van der Waals surface area contributed by atoms with Gasteiger partial charge in [-0.15, -0.1) is 0 Å². The Kier molecular flexibility index (Phi) is 4.51. The number of hydrogen-bond donors (Lipinski definition) is 0. The highest BCUT2D eigenvalue weighted by atomic mass is 16.5.